The minimum absolute atomic E-state index is 0.0290. The van der Waals surface area contributed by atoms with Crippen LogP contribution in [0, 0.1) is 0 Å². The van der Waals surface area contributed by atoms with Gasteiger partial charge < -0.3 is 0 Å². The zero-order chi connectivity index (χ0) is 13.6. The number of hydrogen-bond acceptors (Lipinski definition) is 3. The van der Waals surface area contributed by atoms with Crippen LogP contribution in [0.15, 0.2) is 39.8 Å². The largest absolute Gasteiger partial charge is 0.255 e. The van der Waals surface area contributed by atoms with E-state index in [2.05, 4.69) is 21.0 Å². The number of nitrogens with two attached hydrogens (primary N) is 1. The van der Waals surface area contributed by atoms with Gasteiger partial charge in [-0.05, 0) is 40.9 Å². The van der Waals surface area contributed by atoms with Gasteiger partial charge in [-0.1, -0.05) is 12.1 Å². The molecule has 2 aromatic rings. The number of sulfonamides is 1. The molecule has 7 heteroatoms. The maximum Gasteiger partial charge on any atom is 0.255 e. The van der Waals surface area contributed by atoms with E-state index in [1.807, 2.05) is 18.2 Å². The highest BCUT2D eigenvalue weighted by Gasteiger charge is 2.30. The van der Waals surface area contributed by atoms with Crippen LogP contribution in [-0.2, 0) is 10.0 Å². The minimum atomic E-state index is -3.80. The molecule has 0 bridgehead atoms. The maximum atomic E-state index is 11.7. The fourth-order valence-corrected chi connectivity index (χ4v) is 3.08. The van der Waals surface area contributed by atoms with E-state index in [1.165, 1.54) is 4.68 Å². The van der Waals surface area contributed by atoms with Crippen LogP contribution in [0.3, 0.4) is 0 Å². The average molecular weight is 342 g/mol. The predicted molar refractivity (Wildman–Crippen MR) is 74.6 cm³/mol. The Labute approximate surface area is 119 Å². The molecule has 0 aliphatic heterocycles. The van der Waals surface area contributed by atoms with Crippen molar-refractivity contribution in [2.45, 2.75) is 23.8 Å². The molecular weight excluding hydrogens is 330 g/mol. The van der Waals surface area contributed by atoms with Gasteiger partial charge in [-0.2, -0.15) is 5.10 Å². The molecule has 3 rings (SSSR count). The van der Waals surface area contributed by atoms with E-state index in [-0.39, 0.29) is 5.03 Å². The molecule has 1 aromatic heterocycles. The Bertz CT molecular complexity index is 735. The molecule has 1 aliphatic carbocycles. The van der Waals surface area contributed by atoms with Crippen molar-refractivity contribution in [3.8, 4) is 5.69 Å². The lowest BCUT2D eigenvalue weighted by Gasteiger charge is -2.07. The van der Waals surface area contributed by atoms with E-state index in [9.17, 15) is 8.42 Å². The molecule has 19 heavy (non-hydrogen) atoms. The Morgan fingerprint density at radius 3 is 2.58 bits per heavy atom. The lowest BCUT2D eigenvalue weighted by atomic mass is 10.3. The topological polar surface area (TPSA) is 78.0 Å². The summed E-state index contributed by atoms with van der Waals surface area (Å²) in [7, 11) is -3.80. The zero-order valence-electron chi connectivity index (χ0n) is 9.95. The summed E-state index contributed by atoms with van der Waals surface area (Å²) in [6.07, 6.45) is 2.11. The molecule has 1 aliphatic rings. The molecule has 0 unspecified atom stereocenters. The molecule has 0 saturated heterocycles. The van der Waals surface area contributed by atoms with Crippen molar-refractivity contribution in [1.82, 2.24) is 9.78 Å². The van der Waals surface area contributed by atoms with Crippen LogP contribution in [0.25, 0.3) is 5.69 Å². The molecule has 0 amide bonds. The Morgan fingerprint density at radius 1 is 1.32 bits per heavy atom. The fourth-order valence-electron chi connectivity index (χ4n) is 1.96. The van der Waals surface area contributed by atoms with E-state index >= 15 is 0 Å². The average Bonchev–Trinajstić information content (AvgIpc) is 3.08. The van der Waals surface area contributed by atoms with Gasteiger partial charge in [-0.15, -0.1) is 0 Å². The van der Waals surface area contributed by atoms with Crippen molar-refractivity contribution in [3.63, 3.8) is 0 Å². The Hall–Kier alpha value is -1.18. The summed E-state index contributed by atoms with van der Waals surface area (Å²) in [6.45, 7) is 0. The first kappa shape index (κ1) is 12.8. The highest BCUT2D eigenvalue weighted by atomic mass is 79.9. The lowest BCUT2D eigenvalue weighted by Crippen LogP contribution is -2.17. The first-order valence-electron chi connectivity index (χ1n) is 5.84. The number of primary sulfonamides is 1. The van der Waals surface area contributed by atoms with E-state index in [0.717, 1.165) is 23.0 Å². The number of para-hydroxylation sites is 1. The number of hydrogen-bond donors (Lipinski definition) is 1. The van der Waals surface area contributed by atoms with Crippen molar-refractivity contribution in [2.75, 3.05) is 0 Å². The van der Waals surface area contributed by atoms with Gasteiger partial charge in [0, 0.05) is 16.5 Å². The van der Waals surface area contributed by atoms with Crippen LogP contribution in [0.2, 0.25) is 0 Å². The van der Waals surface area contributed by atoms with E-state index < -0.39 is 10.0 Å². The highest BCUT2D eigenvalue weighted by molar-refractivity contribution is 9.10. The summed E-state index contributed by atoms with van der Waals surface area (Å²) in [4.78, 5) is 0. The molecule has 1 fully saturated rings. The van der Waals surface area contributed by atoms with Crippen molar-refractivity contribution in [2.24, 2.45) is 5.14 Å². The quantitative estimate of drug-likeness (QED) is 0.928. The van der Waals surface area contributed by atoms with E-state index in [0.29, 0.717) is 11.6 Å². The first-order valence-corrected chi connectivity index (χ1v) is 8.18. The third-order valence-corrected chi connectivity index (χ3v) is 4.61. The fraction of sp³-hybridized carbons (Fsp3) is 0.250. The van der Waals surface area contributed by atoms with Gasteiger partial charge in [-0.3, -0.25) is 0 Å². The van der Waals surface area contributed by atoms with Crippen LogP contribution in [0.5, 0.6) is 0 Å². The molecular formula is C12H12BrN3O2S. The molecule has 1 aromatic carbocycles. The molecule has 0 spiro atoms. The summed E-state index contributed by atoms with van der Waals surface area (Å²) >= 11 is 3.40. The normalized spacial score (nSPS) is 15.7. The standard InChI is InChI=1S/C12H12BrN3O2S/c13-9-3-1-2-4-11(9)16-12(19(14,17)18)7-10(15-16)8-5-6-8/h1-4,7-8H,5-6H2,(H2,14,17,18). The van der Waals surface area contributed by atoms with Crippen molar-refractivity contribution in [1.29, 1.82) is 0 Å². The molecule has 100 valence electrons. The summed E-state index contributed by atoms with van der Waals surface area (Å²) in [5.74, 6) is 0.365. The number of halogens is 1. The van der Waals surface area contributed by atoms with Crippen molar-refractivity contribution in [3.05, 3.63) is 40.5 Å². The van der Waals surface area contributed by atoms with Crippen LogP contribution in [0.4, 0.5) is 0 Å². The molecule has 5 nitrogen and oxygen atoms in total. The van der Waals surface area contributed by atoms with Crippen LogP contribution in [-0.4, -0.2) is 18.2 Å². The summed E-state index contributed by atoms with van der Waals surface area (Å²) in [5, 5.41) is 9.70. The van der Waals surface area contributed by atoms with Gasteiger partial charge in [-0.25, -0.2) is 18.2 Å². The second-order valence-corrected chi connectivity index (χ2v) is 6.95. The van der Waals surface area contributed by atoms with Gasteiger partial charge in [0.05, 0.1) is 11.4 Å². The molecule has 0 radical (unpaired) electrons. The van der Waals surface area contributed by atoms with Gasteiger partial charge >= 0.3 is 0 Å². The maximum absolute atomic E-state index is 11.7. The molecule has 1 heterocycles. The number of benzene rings is 1. The summed E-state index contributed by atoms with van der Waals surface area (Å²) < 4.78 is 25.6. The monoisotopic (exact) mass is 341 g/mol. The van der Waals surface area contributed by atoms with Crippen molar-refractivity contribution < 1.29 is 8.42 Å². The Balaban J connectivity index is 2.22. The SMILES string of the molecule is NS(=O)(=O)c1cc(C2CC2)nn1-c1ccccc1Br. The smallest absolute Gasteiger partial charge is 0.223 e. The summed E-state index contributed by atoms with van der Waals surface area (Å²) in [6, 6.07) is 8.89. The van der Waals surface area contributed by atoms with Gasteiger partial charge in [0.25, 0.3) is 10.0 Å². The van der Waals surface area contributed by atoms with Crippen molar-refractivity contribution >= 4 is 26.0 Å². The highest BCUT2D eigenvalue weighted by Crippen LogP contribution is 2.40. The van der Waals surface area contributed by atoms with Crippen LogP contribution in [0.1, 0.15) is 24.5 Å². The first-order chi connectivity index (χ1) is 8.97. The number of nitrogens with zero attached hydrogens (tertiary/aromatic N) is 2. The van der Waals surface area contributed by atoms with Gasteiger partial charge in [0.15, 0.2) is 5.03 Å². The predicted octanol–water partition coefficient (Wildman–Crippen LogP) is 2.16. The number of rotatable bonds is 3. The minimum Gasteiger partial charge on any atom is -0.223 e. The van der Waals surface area contributed by atoms with Gasteiger partial charge in [0.2, 0.25) is 0 Å². The number of aromatic nitrogens is 2. The summed E-state index contributed by atoms with van der Waals surface area (Å²) in [5.41, 5.74) is 1.46. The lowest BCUT2D eigenvalue weighted by molar-refractivity contribution is 0.587. The second-order valence-electron chi connectivity index (χ2n) is 4.59. The van der Waals surface area contributed by atoms with E-state index in [1.54, 1.807) is 12.1 Å². The third kappa shape index (κ3) is 2.45. The second kappa shape index (κ2) is 4.43. The van der Waals surface area contributed by atoms with Gasteiger partial charge in [0.1, 0.15) is 0 Å². The molecule has 1 saturated carbocycles. The zero-order valence-corrected chi connectivity index (χ0v) is 12.4. The van der Waals surface area contributed by atoms with Crippen LogP contribution >= 0.6 is 15.9 Å². The third-order valence-electron chi connectivity index (χ3n) is 3.06. The Kier molecular flexibility index (Phi) is 2.99. The molecule has 2 N–H and O–H groups in total. The van der Waals surface area contributed by atoms with Crippen LogP contribution < -0.4 is 5.14 Å². The van der Waals surface area contributed by atoms with E-state index in [4.69, 9.17) is 5.14 Å². The molecule has 0 atom stereocenters. The Morgan fingerprint density at radius 2 is 2.00 bits per heavy atom.